The van der Waals surface area contributed by atoms with E-state index in [0.29, 0.717) is 6.04 Å². The largest absolute Gasteiger partial charge is 0.508 e. The fraction of sp³-hybridized carbons (Fsp3) is 0.625. The predicted molar refractivity (Wildman–Crippen MR) is 81.1 cm³/mol. The summed E-state index contributed by atoms with van der Waals surface area (Å²) in [5.74, 6) is 0.243. The molecule has 1 aromatic carbocycles. The Kier molecular flexibility index (Phi) is 4.89. The Bertz CT molecular complexity index is 430. The van der Waals surface area contributed by atoms with Crippen molar-refractivity contribution in [3.63, 3.8) is 0 Å². The summed E-state index contributed by atoms with van der Waals surface area (Å²) < 4.78 is 0. The molecule has 0 saturated carbocycles. The number of aromatic hydroxyl groups is 2. The van der Waals surface area contributed by atoms with Crippen LogP contribution < -0.4 is 0 Å². The topological polar surface area (TPSA) is 46.9 Å². The molecule has 1 fully saturated rings. The zero-order chi connectivity index (χ0) is 14.7. The molecule has 1 aliphatic rings. The van der Waals surface area contributed by atoms with Crippen molar-refractivity contribution >= 4 is 0 Å². The molecule has 1 saturated heterocycles. The Labute approximate surface area is 121 Å². The molecule has 0 bridgehead atoms. The van der Waals surface area contributed by atoms with Gasteiger partial charge < -0.3 is 10.2 Å². The smallest absolute Gasteiger partial charge is 0.119 e. The Morgan fingerprint density at radius 1 is 1.30 bits per heavy atom. The van der Waals surface area contributed by atoms with E-state index in [0.717, 1.165) is 18.7 Å². The molecular formula is C16H26N2O2. The monoisotopic (exact) mass is 278 g/mol. The van der Waals surface area contributed by atoms with Crippen LogP contribution in [0.1, 0.15) is 38.3 Å². The minimum absolute atomic E-state index is 0.122. The van der Waals surface area contributed by atoms with Crippen LogP contribution in [0, 0.1) is 0 Å². The molecule has 0 aliphatic carbocycles. The van der Waals surface area contributed by atoms with Gasteiger partial charge in [0.2, 0.25) is 0 Å². The number of phenolic OH excluding ortho intramolecular Hbond substituents is 2. The minimum atomic E-state index is 0.122. The Morgan fingerprint density at radius 2 is 1.95 bits per heavy atom. The van der Waals surface area contributed by atoms with Crippen LogP contribution in [0.25, 0.3) is 0 Å². The highest BCUT2D eigenvalue weighted by Crippen LogP contribution is 2.28. The maximum atomic E-state index is 9.60. The fourth-order valence-corrected chi connectivity index (χ4v) is 3.12. The summed E-state index contributed by atoms with van der Waals surface area (Å²) in [6, 6.07) is 5.62. The lowest BCUT2D eigenvalue weighted by Gasteiger charge is -2.31. The number of hydrogen-bond acceptors (Lipinski definition) is 4. The molecule has 0 spiro atoms. The van der Waals surface area contributed by atoms with Gasteiger partial charge in [0.05, 0.1) is 0 Å². The van der Waals surface area contributed by atoms with Crippen LogP contribution in [-0.4, -0.2) is 52.7 Å². The quantitative estimate of drug-likeness (QED) is 0.869. The number of likely N-dealkylation sites (N-methyl/N-ethyl adjacent to an activating group) is 2. The first-order valence-corrected chi connectivity index (χ1v) is 7.48. The summed E-state index contributed by atoms with van der Waals surface area (Å²) in [5.41, 5.74) is 0.950. The normalized spacial score (nSPS) is 21.5. The van der Waals surface area contributed by atoms with E-state index in [2.05, 4.69) is 30.7 Å². The van der Waals surface area contributed by atoms with Gasteiger partial charge in [-0.15, -0.1) is 0 Å². The van der Waals surface area contributed by atoms with Gasteiger partial charge in [0.25, 0.3) is 0 Å². The molecule has 2 unspecified atom stereocenters. The summed E-state index contributed by atoms with van der Waals surface area (Å²) in [4.78, 5) is 4.83. The van der Waals surface area contributed by atoms with E-state index in [1.54, 1.807) is 12.1 Å². The summed E-state index contributed by atoms with van der Waals surface area (Å²) in [5, 5.41) is 19.2. The van der Waals surface area contributed by atoms with Crippen molar-refractivity contribution in [1.82, 2.24) is 9.80 Å². The minimum Gasteiger partial charge on any atom is -0.508 e. The van der Waals surface area contributed by atoms with Crippen LogP contribution in [0.2, 0.25) is 0 Å². The van der Waals surface area contributed by atoms with Gasteiger partial charge in [-0.25, -0.2) is 0 Å². The highest BCUT2D eigenvalue weighted by Gasteiger charge is 2.25. The summed E-state index contributed by atoms with van der Waals surface area (Å²) in [6.07, 6.45) is 2.55. The molecule has 2 atom stereocenters. The summed E-state index contributed by atoms with van der Waals surface area (Å²) in [7, 11) is 2.11. The third-order valence-electron chi connectivity index (χ3n) is 4.47. The fourth-order valence-electron chi connectivity index (χ4n) is 3.12. The molecule has 112 valence electrons. The zero-order valence-corrected chi connectivity index (χ0v) is 12.7. The molecule has 2 N–H and O–H groups in total. The lowest BCUT2D eigenvalue weighted by Crippen LogP contribution is -2.39. The first kappa shape index (κ1) is 15.1. The maximum absolute atomic E-state index is 9.60. The molecule has 20 heavy (non-hydrogen) atoms. The number of benzene rings is 1. The van der Waals surface area contributed by atoms with Gasteiger partial charge in [-0.3, -0.25) is 9.80 Å². The van der Waals surface area contributed by atoms with Crippen molar-refractivity contribution in [3.8, 4) is 11.5 Å². The van der Waals surface area contributed by atoms with Gasteiger partial charge in [-0.1, -0.05) is 6.92 Å². The molecule has 0 aromatic heterocycles. The van der Waals surface area contributed by atoms with Crippen LogP contribution in [0.15, 0.2) is 18.2 Å². The third-order valence-corrected chi connectivity index (χ3v) is 4.47. The molecule has 1 aliphatic heterocycles. The average molecular weight is 278 g/mol. The second-order valence-electron chi connectivity index (χ2n) is 5.82. The maximum Gasteiger partial charge on any atom is 0.119 e. The van der Waals surface area contributed by atoms with Crippen molar-refractivity contribution < 1.29 is 10.2 Å². The van der Waals surface area contributed by atoms with E-state index in [4.69, 9.17) is 0 Å². The second kappa shape index (κ2) is 6.46. The predicted octanol–water partition coefficient (Wildman–Crippen LogP) is 2.57. The standard InChI is InChI=1S/C16H26N2O2/c1-4-18-7-5-6-14(18)11-17(3)12(2)13-8-15(19)10-16(20)9-13/h8-10,12,14,19-20H,4-7,11H2,1-3H3. The first-order valence-electron chi connectivity index (χ1n) is 7.48. The summed E-state index contributed by atoms with van der Waals surface area (Å²) >= 11 is 0. The lowest BCUT2D eigenvalue weighted by atomic mass is 10.1. The highest BCUT2D eigenvalue weighted by atomic mass is 16.3. The van der Waals surface area contributed by atoms with Crippen LogP contribution in [-0.2, 0) is 0 Å². The van der Waals surface area contributed by atoms with E-state index in [-0.39, 0.29) is 17.5 Å². The molecule has 1 aromatic rings. The van der Waals surface area contributed by atoms with Crippen LogP contribution in [0.4, 0.5) is 0 Å². The second-order valence-corrected chi connectivity index (χ2v) is 5.82. The number of likely N-dealkylation sites (tertiary alicyclic amines) is 1. The van der Waals surface area contributed by atoms with E-state index in [9.17, 15) is 10.2 Å². The van der Waals surface area contributed by atoms with Gasteiger partial charge in [-0.2, -0.15) is 0 Å². The summed E-state index contributed by atoms with van der Waals surface area (Å²) in [6.45, 7) is 7.66. The SMILES string of the molecule is CCN1CCCC1CN(C)C(C)c1cc(O)cc(O)c1. The zero-order valence-electron chi connectivity index (χ0n) is 12.7. The van der Waals surface area contributed by atoms with Gasteiger partial charge in [0.1, 0.15) is 11.5 Å². The Balaban J connectivity index is 2.02. The number of nitrogens with zero attached hydrogens (tertiary/aromatic N) is 2. The van der Waals surface area contributed by atoms with Gasteiger partial charge in [0.15, 0.2) is 0 Å². The highest BCUT2D eigenvalue weighted by molar-refractivity contribution is 5.37. The van der Waals surface area contributed by atoms with Gasteiger partial charge in [-0.05, 0) is 57.6 Å². The van der Waals surface area contributed by atoms with E-state index in [1.165, 1.54) is 25.5 Å². The van der Waals surface area contributed by atoms with Crippen LogP contribution in [0.3, 0.4) is 0 Å². The van der Waals surface area contributed by atoms with Gasteiger partial charge in [0, 0.05) is 24.7 Å². The number of phenols is 2. The van der Waals surface area contributed by atoms with Crippen molar-refractivity contribution in [2.24, 2.45) is 0 Å². The van der Waals surface area contributed by atoms with Crippen LogP contribution >= 0.6 is 0 Å². The van der Waals surface area contributed by atoms with Crippen LogP contribution in [0.5, 0.6) is 11.5 Å². The van der Waals surface area contributed by atoms with Crippen molar-refractivity contribution in [3.05, 3.63) is 23.8 Å². The molecular weight excluding hydrogens is 252 g/mol. The van der Waals surface area contributed by atoms with Crippen molar-refractivity contribution in [2.45, 2.75) is 38.8 Å². The lowest BCUT2D eigenvalue weighted by molar-refractivity contribution is 0.170. The van der Waals surface area contributed by atoms with Crippen molar-refractivity contribution in [1.29, 1.82) is 0 Å². The number of hydrogen-bond donors (Lipinski definition) is 2. The Hall–Kier alpha value is -1.26. The molecule has 2 rings (SSSR count). The number of rotatable bonds is 5. The molecule has 0 radical (unpaired) electrons. The van der Waals surface area contributed by atoms with Gasteiger partial charge >= 0.3 is 0 Å². The molecule has 4 nitrogen and oxygen atoms in total. The molecule has 0 amide bonds. The van der Waals surface area contributed by atoms with Crippen molar-refractivity contribution in [2.75, 3.05) is 26.7 Å². The van der Waals surface area contributed by atoms with E-state index < -0.39 is 0 Å². The first-order chi connectivity index (χ1) is 9.51. The molecule has 1 heterocycles. The Morgan fingerprint density at radius 3 is 2.55 bits per heavy atom. The average Bonchev–Trinajstić information content (AvgIpc) is 2.83. The molecule has 4 heteroatoms. The van der Waals surface area contributed by atoms with E-state index in [1.807, 2.05) is 0 Å². The van der Waals surface area contributed by atoms with E-state index >= 15 is 0 Å². The third kappa shape index (κ3) is 3.44.